The summed E-state index contributed by atoms with van der Waals surface area (Å²) in [6.07, 6.45) is 8.27. The molecule has 1 N–H and O–H groups in total. The van der Waals surface area contributed by atoms with Crippen molar-refractivity contribution in [1.29, 1.82) is 0 Å². The second-order valence-electron chi connectivity index (χ2n) is 6.36. The molecule has 2 heterocycles. The van der Waals surface area contributed by atoms with E-state index in [4.69, 9.17) is 0 Å². The SMILES string of the molecule is CS(=O)(=O)NC[C@H]1CCCCN1Cc1ccc(-n2cccn2)cc1. The fourth-order valence-electron chi connectivity index (χ4n) is 3.16. The van der Waals surface area contributed by atoms with E-state index >= 15 is 0 Å². The Bertz CT molecular complexity index is 741. The van der Waals surface area contributed by atoms with Crippen molar-refractivity contribution >= 4 is 10.0 Å². The van der Waals surface area contributed by atoms with Crippen LogP contribution in [0.15, 0.2) is 42.7 Å². The van der Waals surface area contributed by atoms with Crippen molar-refractivity contribution in [3.63, 3.8) is 0 Å². The maximum Gasteiger partial charge on any atom is 0.208 e. The molecule has 1 saturated heterocycles. The largest absolute Gasteiger partial charge is 0.295 e. The first kappa shape index (κ1) is 17.1. The van der Waals surface area contributed by atoms with Gasteiger partial charge in [-0.2, -0.15) is 5.10 Å². The molecule has 1 atom stereocenters. The molecular weight excluding hydrogens is 324 g/mol. The molecule has 0 spiro atoms. The third kappa shape index (κ3) is 4.66. The fraction of sp³-hybridized carbons (Fsp3) is 0.471. The van der Waals surface area contributed by atoms with Gasteiger partial charge in [0, 0.05) is 31.5 Å². The van der Waals surface area contributed by atoms with E-state index in [9.17, 15) is 8.42 Å². The smallest absolute Gasteiger partial charge is 0.208 e. The van der Waals surface area contributed by atoms with Crippen LogP contribution in [-0.2, 0) is 16.6 Å². The minimum Gasteiger partial charge on any atom is -0.295 e. The molecule has 0 unspecified atom stereocenters. The van der Waals surface area contributed by atoms with Crippen LogP contribution in [0.5, 0.6) is 0 Å². The lowest BCUT2D eigenvalue weighted by atomic mass is 10.0. The van der Waals surface area contributed by atoms with Crippen LogP contribution in [0.2, 0.25) is 0 Å². The van der Waals surface area contributed by atoms with Crippen LogP contribution in [0.25, 0.3) is 5.69 Å². The number of sulfonamides is 1. The van der Waals surface area contributed by atoms with Crippen LogP contribution >= 0.6 is 0 Å². The molecule has 7 heteroatoms. The molecule has 1 fully saturated rings. The van der Waals surface area contributed by atoms with E-state index in [2.05, 4.69) is 39.0 Å². The number of nitrogens with one attached hydrogen (secondary N) is 1. The molecule has 2 aromatic rings. The molecule has 6 nitrogen and oxygen atoms in total. The minimum atomic E-state index is -3.14. The Labute approximate surface area is 143 Å². The first-order valence-corrected chi connectivity index (χ1v) is 10.2. The molecule has 1 aliphatic heterocycles. The lowest BCUT2D eigenvalue weighted by Crippen LogP contribution is -2.46. The van der Waals surface area contributed by atoms with Gasteiger partial charge in [-0.05, 0) is 43.1 Å². The third-order valence-electron chi connectivity index (χ3n) is 4.42. The average molecular weight is 348 g/mol. The number of hydrogen-bond donors (Lipinski definition) is 1. The topological polar surface area (TPSA) is 67.2 Å². The van der Waals surface area contributed by atoms with Gasteiger partial charge in [0.05, 0.1) is 11.9 Å². The van der Waals surface area contributed by atoms with E-state index in [1.807, 2.05) is 16.9 Å². The highest BCUT2D eigenvalue weighted by Crippen LogP contribution is 2.20. The number of likely N-dealkylation sites (tertiary alicyclic amines) is 1. The Hall–Kier alpha value is -1.70. The maximum atomic E-state index is 11.4. The molecule has 24 heavy (non-hydrogen) atoms. The van der Waals surface area contributed by atoms with Gasteiger partial charge in [-0.3, -0.25) is 4.90 Å². The van der Waals surface area contributed by atoms with Gasteiger partial charge in [-0.25, -0.2) is 17.8 Å². The fourth-order valence-corrected chi connectivity index (χ4v) is 3.65. The van der Waals surface area contributed by atoms with Crippen molar-refractivity contribution in [2.75, 3.05) is 19.3 Å². The summed E-state index contributed by atoms with van der Waals surface area (Å²) in [5, 5.41) is 4.23. The monoisotopic (exact) mass is 348 g/mol. The first-order valence-electron chi connectivity index (χ1n) is 8.29. The molecule has 0 aliphatic carbocycles. The van der Waals surface area contributed by atoms with Crippen molar-refractivity contribution in [2.24, 2.45) is 0 Å². The second kappa shape index (κ2) is 7.46. The Morgan fingerprint density at radius 3 is 2.71 bits per heavy atom. The van der Waals surface area contributed by atoms with Crippen molar-refractivity contribution in [2.45, 2.75) is 31.8 Å². The van der Waals surface area contributed by atoms with Crippen LogP contribution in [0.3, 0.4) is 0 Å². The lowest BCUT2D eigenvalue weighted by molar-refractivity contribution is 0.142. The van der Waals surface area contributed by atoms with Crippen molar-refractivity contribution in [3.8, 4) is 5.69 Å². The van der Waals surface area contributed by atoms with Gasteiger partial charge in [-0.15, -0.1) is 0 Å². The lowest BCUT2D eigenvalue weighted by Gasteiger charge is -2.35. The zero-order chi connectivity index (χ0) is 17.0. The van der Waals surface area contributed by atoms with Crippen LogP contribution in [0, 0.1) is 0 Å². The van der Waals surface area contributed by atoms with Crippen molar-refractivity contribution < 1.29 is 8.42 Å². The number of rotatable bonds is 6. The van der Waals surface area contributed by atoms with Gasteiger partial charge >= 0.3 is 0 Å². The van der Waals surface area contributed by atoms with Crippen LogP contribution in [0.4, 0.5) is 0 Å². The van der Waals surface area contributed by atoms with E-state index in [0.717, 1.165) is 31.6 Å². The van der Waals surface area contributed by atoms with Crippen LogP contribution in [0.1, 0.15) is 24.8 Å². The quantitative estimate of drug-likeness (QED) is 0.864. The van der Waals surface area contributed by atoms with E-state index in [-0.39, 0.29) is 6.04 Å². The normalized spacial score (nSPS) is 19.5. The van der Waals surface area contributed by atoms with Crippen molar-refractivity contribution in [3.05, 3.63) is 48.3 Å². The van der Waals surface area contributed by atoms with E-state index in [1.165, 1.54) is 18.2 Å². The predicted octanol–water partition coefficient (Wildman–Crippen LogP) is 1.78. The summed E-state index contributed by atoms with van der Waals surface area (Å²) in [5.41, 5.74) is 2.27. The highest BCUT2D eigenvalue weighted by atomic mass is 32.2. The first-order chi connectivity index (χ1) is 11.5. The molecule has 1 aliphatic rings. The summed E-state index contributed by atoms with van der Waals surface area (Å²) in [6, 6.07) is 10.5. The second-order valence-corrected chi connectivity index (χ2v) is 8.19. The zero-order valence-corrected chi connectivity index (χ0v) is 14.7. The van der Waals surface area contributed by atoms with Gasteiger partial charge in [0.25, 0.3) is 0 Å². The summed E-state index contributed by atoms with van der Waals surface area (Å²) in [6.45, 7) is 2.34. The van der Waals surface area contributed by atoms with E-state index in [1.54, 1.807) is 6.20 Å². The molecule has 1 aromatic heterocycles. The van der Waals surface area contributed by atoms with Gasteiger partial charge in [-0.1, -0.05) is 18.6 Å². The minimum absolute atomic E-state index is 0.263. The summed E-state index contributed by atoms with van der Waals surface area (Å²) in [5.74, 6) is 0. The Morgan fingerprint density at radius 2 is 2.04 bits per heavy atom. The molecule has 0 bridgehead atoms. The van der Waals surface area contributed by atoms with Gasteiger partial charge in [0.15, 0.2) is 0 Å². The summed E-state index contributed by atoms with van der Waals surface area (Å²) in [7, 11) is -3.14. The number of piperidine rings is 1. The average Bonchev–Trinajstić information content (AvgIpc) is 3.08. The van der Waals surface area contributed by atoms with E-state index in [0.29, 0.717) is 6.54 Å². The summed E-state index contributed by atoms with van der Waals surface area (Å²) < 4.78 is 27.2. The zero-order valence-electron chi connectivity index (χ0n) is 13.9. The number of nitrogens with zero attached hydrogens (tertiary/aromatic N) is 3. The summed E-state index contributed by atoms with van der Waals surface area (Å²) >= 11 is 0. The molecule has 0 radical (unpaired) electrons. The van der Waals surface area contributed by atoms with Crippen molar-refractivity contribution in [1.82, 2.24) is 19.4 Å². The Kier molecular flexibility index (Phi) is 5.33. The summed E-state index contributed by atoms with van der Waals surface area (Å²) in [4.78, 5) is 2.38. The number of hydrogen-bond acceptors (Lipinski definition) is 4. The van der Waals surface area contributed by atoms with E-state index < -0.39 is 10.0 Å². The standard InChI is InChI=1S/C17H24N4O2S/c1-24(22,23)19-13-17-5-2-3-11-20(17)14-15-6-8-16(9-7-15)21-12-4-10-18-21/h4,6-10,12,17,19H,2-3,5,11,13-14H2,1H3/t17-/m1/s1. The van der Waals surface area contributed by atoms with Gasteiger partial charge in [0.2, 0.25) is 10.0 Å². The Balaban J connectivity index is 1.64. The van der Waals surface area contributed by atoms with Gasteiger partial charge < -0.3 is 0 Å². The molecule has 0 saturated carbocycles. The van der Waals surface area contributed by atoms with Crippen LogP contribution < -0.4 is 4.72 Å². The molecule has 0 amide bonds. The molecule has 3 rings (SSSR count). The molecule has 1 aromatic carbocycles. The highest BCUT2D eigenvalue weighted by Gasteiger charge is 2.23. The predicted molar refractivity (Wildman–Crippen MR) is 94.5 cm³/mol. The van der Waals surface area contributed by atoms with Crippen LogP contribution in [-0.4, -0.2) is 48.5 Å². The number of aromatic nitrogens is 2. The third-order valence-corrected chi connectivity index (χ3v) is 5.11. The molecule has 130 valence electrons. The Morgan fingerprint density at radius 1 is 1.25 bits per heavy atom. The highest BCUT2D eigenvalue weighted by molar-refractivity contribution is 7.88. The number of benzene rings is 1. The molecular formula is C17H24N4O2S. The maximum absolute atomic E-state index is 11.4. The van der Waals surface area contributed by atoms with Gasteiger partial charge in [0.1, 0.15) is 0 Å².